The van der Waals surface area contributed by atoms with E-state index in [2.05, 4.69) is 20.9 Å². The lowest BCUT2D eigenvalue weighted by Gasteiger charge is -2.12. The zero-order valence-electron chi connectivity index (χ0n) is 10.6. The van der Waals surface area contributed by atoms with Crippen molar-refractivity contribution in [2.24, 2.45) is 5.73 Å². The molecular weight excluding hydrogens is 326 g/mol. The van der Waals surface area contributed by atoms with Gasteiger partial charge in [-0.05, 0) is 35.0 Å². The molecule has 1 aromatic heterocycles. The van der Waals surface area contributed by atoms with Crippen molar-refractivity contribution in [1.82, 2.24) is 4.98 Å². The molecule has 2 rings (SSSR count). The maximum Gasteiger partial charge on any atom is 0.287 e. The molecule has 0 bridgehead atoms. The first kappa shape index (κ1) is 14.4. The normalized spacial score (nSPS) is 11.9. The van der Waals surface area contributed by atoms with Crippen molar-refractivity contribution >= 4 is 21.6 Å². The number of pyridine rings is 1. The third-order valence-electron chi connectivity index (χ3n) is 2.64. The van der Waals surface area contributed by atoms with Gasteiger partial charge in [0, 0.05) is 23.9 Å². The summed E-state index contributed by atoms with van der Waals surface area (Å²) in [5, 5.41) is 10.9. The minimum absolute atomic E-state index is 0.0687. The van der Waals surface area contributed by atoms with Crippen molar-refractivity contribution in [3.05, 3.63) is 56.7 Å². The molecule has 6 nitrogen and oxygen atoms in total. The maximum absolute atomic E-state index is 10.9. The Balaban J connectivity index is 2.41. The molecule has 0 aliphatic carbocycles. The number of benzene rings is 1. The average molecular weight is 338 g/mol. The van der Waals surface area contributed by atoms with Crippen molar-refractivity contribution < 1.29 is 9.66 Å². The first-order valence-corrected chi connectivity index (χ1v) is 6.61. The summed E-state index contributed by atoms with van der Waals surface area (Å²) >= 11 is 3.18. The van der Waals surface area contributed by atoms with Crippen LogP contribution in [0.2, 0.25) is 0 Å². The van der Waals surface area contributed by atoms with Gasteiger partial charge >= 0.3 is 0 Å². The second kappa shape index (κ2) is 5.98. The Morgan fingerprint density at radius 1 is 1.40 bits per heavy atom. The first-order valence-electron chi connectivity index (χ1n) is 5.82. The number of rotatable bonds is 4. The molecule has 1 aromatic carbocycles. The topological polar surface area (TPSA) is 91.3 Å². The van der Waals surface area contributed by atoms with Gasteiger partial charge in [-0.15, -0.1) is 0 Å². The predicted octanol–water partition coefficient (Wildman–Crippen LogP) is 3.56. The fraction of sp³-hybridized carbons (Fsp3) is 0.154. The standard InChI is InChI=1S/C13H12BrN3O3/c1-8(15)9-4-3-7-16-13(9)20-11-6-2-5-10(12(11)14)17(18)19/h2-8H,15H2,1H3/t8-/m1/s1. The van der Waals surface area contributed by atoms with Crippen LogP contribution < -0.4 is 10.5 Å². The van der Waals surface area contributed by atoms with E-state index in [-0.39, 0.29) is 16.2 Å². The number of ether oxygens (including phenoxy) is 1. The van der Waals surface area contributed by atoms with Crippen LogP contribution in [-0.2, 0) is 0 Å². The van der Waals surface area contributed by atoms with Gasteiger partial charge in [0.05, 0.1) is 4.92 Å². The number of hydrogen-bond acceptors (Lipinski definition) is 5. The van der Waals surface area contributed by atoms with Gasteiger partial charge in [-0.1, -0.05) is 12.1 Å². The van der Waals surface area contributed by atoms with Crippen molar-refractivity contribution in [3.63, 3.8) is 0 Å². The molecule has 0 saturated carbocycles. The van der Waals surface area contributed by atoms with E-state index < -0.39 is 4.92 Å². The van der Waals surface area contributed by atoms with Crippen molar-refractivity contribution in [2.75, 3.05) is 0 Å². The van der Waals surface area contributed by atoms with Gasteiger partial charge in [-0.2, -0.15) is 0 Å². The zero-order chi connectivity index (χ0) is 14.7. The number of nitrogens with two attached hydrogens (primary N) is 1. The minimum Gasteiger partial charge on any atom is -0.437 e. The predicted molar refractivity (Wildman–Crippen MR) is 77.7 cm³/mol. The molecule has 7 heteroatoms. The monoisotopic (exact) mass is 337 g/mol. The number of hydrogen-bond donors (Lipinski definition) is 1. The third kappa shape index (κ3) is 2.94. The van der Waals surface area contributed by atoms with Gasteiger partial charge < -0.3 is 10.5 Å². The number of nitro groups is 1. The highest BCUT2D eigenvalue weighted by Gasteiger charge is 2.18. The Labute approximate surface area is 123 Å². The SMILES string of the molecule is C[C@@H](N)c1cccnc1Oc1cccc([N+](=O)[O-])c1Br. The number of nitro benzene ring substituents is 1. The third-order valence-corrected chi connectivity index (χ3v) is 3.43. The van der Waals surface area contributed by atoms with E-state index in [9.17, 15) is 10.1 Å². The first-order chi connectivity index (χ1) is 9.50. The quantitative estimate of drug-likeness (QED) is 0.680. The summed E-state index contributed by atoms with van der Waals surface area (Å²) in [4.78, 5) is 14.5. The summed E-state index contributed by atoms with van der Waals surface area (Å²) in [6.07, 6.45) is 1.58. The molecule has 2 N–H and O–H groups in total. The fourth-order valence-electron chi connectivity index (χ4n) is 1.66. The molecule has 0 aliphatic heterocycles. The molecule has 1 atom stereocenters. The number of halogens is 1. The van der Waals surface area contributed by atoms with E-state index in [4.69, 9.17) is 10.5 Å². The molecular formula is C13H12BrN3O3. The van der Waals surface area contributed by atoms with Crippen molar-refractivity contribution in [2.45, 2.75) is 13.0 Å². The summed E-state index contributed by atoms with van der Waals surface area (Å²) in [5.41, 5.74) is 6.50. The molecule has 0 fully saturated rings. The number of nitrogens with zero attached hydrogens (tertiary/aromatic N) is 2. The Bertz CT molecular complexity index is 647. The Morgan fingerprint density at radius 3 is 2.80 bits per heavy atom. The molecule has 0 unspecified atom stereocenters. The second-order valence-corrected chi connectivity index (χ2v) is 4.93. The molecule has 0 saturated heterocycles. The van der Waals surface area contributed by atoms with E-state index in [1.54, 1.807) is 30.5 Å². The Kier molecular flexibility index (Phi) is 4.31. The lowest BCUT2D eigenvalue weighted by molar-refractivity contribution is -0.385. The zero-order valence-corrected chi connectivity index (χ0v) is 12.2. The van der Waals surface area contributed by atoms with Crippen LogP contribution >= 0.6 is 15.9 Å². The Hall–Kier alpha value is -1.99. The number of aromatic nitrogens is 1. The summed E-state index contributed by atoms with van der Waals surface area (Å²) in [7, 11) is 0. The van der Waals surface area contributed by atoms with Gasteiger partial charge in [0.1, 0.15) is 4.47 Å². The van der Waals surface area contributed by atoms with Gasteiger partial charge in [0.25, 0.3) is 5.69 Å². The van der Waals surface area contributed by atoms with Crippen LogP contribution in [0.1, 0.15) is 18.5 Å². The van der Waals surface area contributed by atoms with E-state index in [0.717, 1.165) is 5.56 Å². The molecule has 20 heavy (non-hydrogen) atoms. The van der Waals surface area contributed by atoms with Gasteiger partial charge in [-0.3, -0.25) is 10.1 Å². The summed E-state index contributed by atoms with van der Waals surface area (Å²) in [6, 6.07) is 7.87. The van der Waals surface area contributed by atoms with Crippen LogP contribution in [0.25, 0.3) is 0 Å². The lowest BCUT2D eigenvalue weighted by atomic mass is 10.1. The lowest BCUT2D eigenvalue weighted by Crippen LogP contribution is -2.07. The average Bonchev–Trinajstić information content (AvgIpc) is 2.41. The largest absolute Gasteiger partial charge is 0.437 e. The van der Waals surface area contributed by atoms with E-state index >= 15 is 0 Å². The van der Waals surface area contributed by atoms with E-state index in [0.29, 0.717) is 11.6 Å². The molecule has 2 aromatic rings. The van der Waals surface area contributed by atoms with Crippen LogP contribution in [0.4, 0.5) is 5.69 Å². The van der Waals surface area contributed by atoms with Crippen LogP contribution in [0, 0.1) is 10.1 Å². The molecule has 0 radical (unpaired) electrons. The minimum atomic E-state index is -0.484. The van der Waals surface area contributed by atoms with Gasteiger partial charge in [0.15, 0.2) is 5.75 Å². The van der Waals surface area contributed by atoms with E-state index in [1.807, 2.05) is 6.92 Å². The summed E-state index contributed by atoms with van der Waals surface area (Å²) in [5.74, 6) is 0.656. The van der Waals surface area contributed by atoms with Crippen molar-refractivity contribution in [3.8, 4) is 11.6 Å². The highest BCUT2D eigenvalue weighted by Crippen LogP contribution is 2.37. The van der Waals surface area contributed by atoms with E-state index in [1.165, 1.54) is 6.07 Å². The van der Waals surface area contributed by atoms with Crippen LogP contribution in [0.3, 0.4) is 0 Å². The highest BCUT2D eigenvalue weighted by molar-refractivity contribution is 9.10. The molecule has 1 heterocycles. The van der Waals surface area contributed by atoms with Crippen molar-refractivity contribution in [1.29, 1.82) is 0 Å². The molecule has 104 valence electrons. The summed E-state index contributed by atoms with van der Waals surface area (Å²) in [6.45, 7) is 1.81. The van der Waals surface area contributed by atoms with Crippen LogP contribution in [-0.4, -0.2) is 9.91 Å². The molecule has 0 spiro atoms. The Morgan fingerprint density at radius 2 is 2.15 bits per heavy atom. The maximum atomic E-state index is 10.9. The molecule has 0 aliphatic rings. The van der Waals surface area contributed by atoms with Crippen LogP contribution in [0.5, 0.6) is 11.6 Å². The van der Waals surface area contributed by atoms with Crippen LogP contribution in [0.15, 0.2) is 41.0 Å². The van der Waals surface area contributed by atoms with Gasteiger partial charge in [-0.25, -0.2) is 4.98 Å². The highest BCUT2D eigenvalue weighted by atomic mass is 79.9. The summed E-state index contributed by atoms with van der Waals surface area (Å²) < 4.78 is 5.92. The fourth-order valence-corrected chi connectivity index (χ4v) is 2.15. The smallest absolute Gasteiger partial charge is 0.287 e. The molecule has 0 amide bonds. The second-order valence-electron chi connectivity index (χ2n) is 4.13. The van der Waals surface area contributed by atoms with Gasteiger partial charge in [0.2, 0.25) is 5.88 Å².